The van der Waals surface area contributed by atoms with E-state index in [0.29, 0.717) is 32.4 Å². The second kappa shape index (κ2) is 6.03. The number of carbonyl (C=O) groups is 2. The van der Waals surface area contributed by atoms with E-state index in [2.05, 4.69) is 0 Å². The Morgan fingerprint density at radius 2 is 1.94 bits per heavy atom. The van der Waals surface area contributed by atoms with Crippen LogP contribution in [0, 0.1) is 5.41 Å². The molecule has 1 saturated heterocycles. The Balaban J connectivity index is 2.77. The summed E-state index contributed by atoms with van der Waals surface area (Å²) in [7, 11) is 0. The monoisotopic (exact) mass is 241 g/mol. The smallest absolute Gasteiger partial charge is 0.311 e. The normalized spacial score (nSPS) is 18.0. The van der Waals surface area contributed by atoms with Crippen molar-refractivity contribution >= 4 is 11.9 Å². The number of nitrogens with zero attached hydrogens (tertiary/aromatic N) is 1. The zero-order valence-corrected chi connectivity index (χ0v) is 10.9. The van der Waals surface area contributed by atoms with Gasteiger partial charge in [-0.3, -0.25) is 9.59 Å². The molecule has 0 spiro atoms. The molecule has 0 atom stereocenters. The molecule has 1 heterocycles. The topological polar surface area (TPSA) is 57.6 Å². The van der Waals surface area contributed by atoms with Gasteiger partial charge in [0.2, 0.25) is 5.91 Å². The first-order valence-electron chi connectivity index (χ1n) is 6.57. The van der Waals surface area contributed by atoms with Crippen LogP contribution in [0.5, 0.6) is 0 Å². The van der Waals surface area contributed by atoms with Crippen LogP contribution in [-0.4, -0.2) is 35.0 Å². The third-order valence-electron chi connectivity index (χ3n) is 3.97. The number of hydrogen-bond donors (Lipinski definition) is 1. The average molecular weight is 241 g/mol. The highest BCUT2D eigenvalue weighted by Gasteiger charge is 2.38. The van der Waals surface area contributed by atoms with Crippen LogP contribution in [0.1, 0.15) is 52.4 Å². The van der Waals surface area contributed by atoms with E-state index in [1.54, 1.807) is 4.90 Å². The number of carboxylic acid groups (broad SMARTS) is 1. The fourth-order valence-corrected chi connectivity index (χ4v) is 2.41. The Morgan fingerprint density at radius 1 is 1.29 bits per heavy atom. The van der Waals surface area contributed by atoms with Gasteiger partial charge in [0.05, 0.1) is 5.41 Å². The molecule has 0 saturated carbocycles. The quantitative estimate of drug-likeness (QED) is 0.803. The van der Waals surface area contributed by atoms with Gasteiger partial charge in [0, 0.05) is 19.5 Å². The molecule has 0 aromatic carbocycles. The SMILES string of the molecule is CCC(CC)(CN1CCCCCC1=O)C(=O)O. The van der Waals surface area contributed by atoms with E-state index >= 15 is 0 Å². The Bertz CT molecular complexity index is 284. The van der Waals surface area contributed by atoms with Crippen molar-refractivity contribution in [2.24, 2.45) is 5.41 Å². The first-order valence-corrected chi connectivity index (χ1v) is 6.57. The molecule has 0 bridgehead atoms. The Labute approximate surface area is 103 Å². The lowest BCUT2D eigenvalue weighted by Crippen LogP contribution is -2.45. The van der Waals surface area contributed by atoms with Crippen molar-refractivity contribution in [2.45, 2.75) is 52.4 Å². The standard InChI is InChI=1S/C13H23NO3/c1-3-13(4-2,12(16)17)10-14-9-7-5-6-8-11(14)15/h3-10H2,1-2H3,(H,16,17). The summed E-state index contributed by atoms with van der Waals surface area (Å²) in [5, 5.41) is 9.37. The number of carbonyl (C=O) groups excluding carboxylic acids is 1. The number of aliphatic carboxylic acids is 1. The fraction of sp³-hybridized carbons (Fsp3) is 0.846. The number of hydrogen-bond acceptors (Lipinski definition) is 2. The van der Waals surface area contributed by atoms with E-state index in [1.165, 1.54) is 0 Å². The Kier molecular flexibility index (Phi) is 4.97. The lowest BCUT2D eigenvalue weighted by atomic mass is 9.82. The number of carboxylic acids is 1. The van der Waals surface area contributed by atoms with Crippen molar-refractivity contribution in [1.82, 2.24) is 4.90 Å². The molecule has 4 heteroatoms. The summed E-state index contributed by atoms with van der Waals surface area (Å²) < 4.78 is 0. The highest BCUT2D eigenvalue weighted by atomic mass is 16.4. The van der Waals surface area contributed by atoms with Gasteiger partial charge in [0.25, 0.3) is 0 Å². The number of rotatable bonds is 5. The van der Waals surface area contributed by atoms with Crippen LogP contribution >= 0.6 is 0 Å². The molecule has 4 nitrogen and oxygen atoms in total. The molecule has 1 rings (SSSR count). The van der Waals surface area contributed by atoms with Gasteiger partial charge < -0.3 is 10.0 Å². The Morgan fingerprint density at radius 3 is 2.47 bits per heavy atom. The van der Waals surface area contributed by atoms with E-state index in [-0.39, 0.29) is 5.91 Å². The van der Waals surface area contributed by atoms with E-state index in [4.69, 9.17) is 0 Å². The van der Waals surface area contributed by atoms with Crippen molar-refractivity contribution in [3.05, 3.63) is 0 Å². The third kappa shape index (κ3) is 3.20. The zero-order chi connectivity index (χ0) is 12.9. The summed E-state index contributed by atoms with van der Waals surface area (Å²) in [6, 6.07) is 0. The van der Waals surface area contributed by atoms with E-state index < -0.39 is 11.4 Å². The molecular weight excluding hydrogens is 218 g/mol. The van der Waals surface area contributed by atoms with Crippen molar-refractivity contribution < 1.29 is 14.7 Å². The molecule has 0 radical (unpaired) electrons. The van der Waals surface area contributed by atoms with Crippen LogP contribution in [0.25, 0.3) is 0 Å². The molecule has 17 heavy (non-hydrogen) atoms. The van der Waals surface area contributed by atoms with Crippen LogP contribution in [0.15, 0.2) is 0 Å². The van der Waals surface area contributed by atoms with Gasteiger partial charge in [-0.05, 0) is 25.7 Å². The minimum absolute atomic E-state index is 0.120. The highest BCUT2D eigenvalue weighted by molar-refractivity contribution is 5.79. The average Bonchev–Trinajstić information content (AvgIpc) is 2.51. The van der Waals surface area contributed by atoms with Gasteiger partial charge in [0.1, 0.15) is 0 Å². The van der Waals surface area contributed by atoms with Crippen LogP contribution in [0.2, 0.25) is 0 Å². The number of likely N-dealkylation sites (tertiary alicyclic amines) is 1. The third-order valence-corrected chi connectivity index (χ3v) is 3.97. The predicted octanol–water partition coefficient (Wildman–Crippen LogP) is 2.28. The fourth-order valence-electron chi connectivity index (χ4n) is 2.41. The lowest BCUT2D eigenvalue weighted by Gasteiger charge is -2.33. The summed E-state index contributed by atoms with van der Waals surface area (Å²) >= 11 is 0. The Hall–Kier alpha value is -1.06. The summed E-state index contributed by atoms with van der Waals surface area (Å²) in [6.07, 6.45) is 4.72. The second-order valence-electron chi connectivity index (χ2n) is 4.92. The summed E-state index contributed by atoms with van der Waals surface area (Å²) in [4.78, 5) is 25.0. The van der Waals surface area contributed by atoms with Crippen LogP contribution < -0.4 is 0 Å². The van der Waals surface area contributed by atoms with Crippen molar-refractivity contribution in [3.63, 3.8) is 0 Å². The van der Waals surface area contributed by atoms with Crippen LogP contribution in [0.4, 0.5) is 0 Å². The minimum atomic E-state index is -0.778. The maximum Gasteiger partial charge on any atom is 0.311 e. The minimum Gasteiger partial charge on any atom is -0.481 e. The molecule has 98 valence electrons. The van der Waals surface area contributed by atoms with E-state index in [0.717, 1.165) is 19.3 Å². The molecule has 0 unspecified atom stereocenters. The van der Waals surface area contributed by atoms with Crippen molar-refractivity contribution in [1.29, 1.82) is 0 Å². The molecule has 1 N–H and O–H groups in total. The molecule has 0 aromatic heterocycles. The summed E-state index contributed by atoms with van der Waals surface area (Å²) in [5.74, 6) is -0.658. The van der Waals surface area contributed by atoms with E-state index in [1.807, 2.05) is 13.8 Å². The molecular formula is C13H23NO3. The first-order chi connectivity index (χ1) is 8.05. The molecule has 0 aliphatic carbocycles. The van der Waals surface area contributed by atoms with Crippen molar-refractivity contribution in [2.75, 3.05) is 13.1 Å². The summed E-state index contributed by atoms with van der Waals surface area (Å²) in [6.45, 7) is 4.86. The van der Waals surface area contributed by atoms with Gasteiger partial charge in [-0.1, -0.05) is 20.3 Å². The van der Waals surface area contributed by atoms with Crippen LogP contribution in [-0.2, 0) is 9.59 Å². The maximum atomic E-state index is 11.9. The predicted molar refractivity (Wildman–Crippen MR) is 65.7 cm³/mol. The first kappa shape index (κ1) is 14.0. The largest absolute Gasteiger partial charge is 0.481 e. The van der Waals surface area contributed by atoms with Gasteiger partial charge >= 0.3 is 5.97 Å². The second-order valence-corrected chi connectivity index (χ2v) is 4.92. The molecule has 1 amide bonds. The number of amides is 1. The van der Waals surface area contributed by atoms with Gasteiger partial charge in [-0.25, -0.2) is 0 Å². The van der Waals surface area contributed by atoms with Crippen molar-refractivity contribution in [3.8, 4) is 0 Å². The molecule has 1 aliphatic rings. The molecule has 0 aromatic rings. The molecule has 1 fully saturated rings. The maximum absolute atomic E-state index is 11.9. The van der Waals surface area contributed by atoms with Crippen LogP contribution in [0.3, 0.4) is 0 Å². The zero-order valence-electron chi connectivity index (χ0n) is 10.9. The molecule has 1 aliphatic heterocycles. The lowest BCUT2D eigenvalue weighted by molar-refractivity contribution is -0.152. The highest BCUT2D eigenvalue weighted by Crippen LogP contribution is 2.29. The van der Waals surface area contributed by atoms with E-state index in [9.17, 15) is 14.7 Å². The van der Waals surface area contributed by atoms with Gasteiger partial charge in [-0.2, -0.15) is 0 Å². The van der Waals surface area contributed by atoms with Gasteiger partial charge in [0.15, 0.2) is 0 Å². The summed E-state index contributed by atoms with van der Waals surface area (Å²) in [5.41, 5.74) is -0.764. The van der Waals surface area contributed by atoms with Gasteiger partial charge in [-0.15, -0.1) is 0 Å².